The minimum Gasteiger partial charge on any atom is -0.273 e. The summed E-state index contributed by atoms with van der Waals surface area (Å²) in [5.41, 5.74) is -0.0112. The van der Waals surface area contributed by atoms with Crippen molar-refractivity contribution < 1.29 is 26.4 Å². The molecular formula is C26H26Cl2N2O6S2. The zero-order valence-electron chi connectivity index (χ0n) is 20.7. The van der Waals surface area contributed by atoms with Crippen LogP contribution in [0.15, 0.2) is 82.6 Å². The molecule has 3 aromatic carbocycles. The lowest BCUT2D eigenvalue weighted by molar-refractivity contribution is -0.118. The predicted octanol–water partition coefficient (Wildman–Crippen LogP) is 6.04. The SMILES string of the molecule is CCCC(=O)N(c1ccc(N(C(=O)CCC)S(=O)(=O)c2ccc(Cl)cc2)cc1)S(=O)(=O)c1ccc(Cl)cc1. The van der Waals surface area contributed by atoms with Crippen molar-refractivity contribution in [2.24, 2.45) is 0 Å². The fraction of sp³-hybridized carbons (Fsp3) is 0.231. The molecule has 202 valence electrons. The average molecular weight is 598 g/mol. The Hall–Kier alpha value is -2.92. The first-order valence-corrected chi connectivity index (χ1v) is 15.3. The second kappa shape index (κ2) is 12.3. The molecule has 0 radical (unpaired) electrons. The van der Waals surface area contributed by atoms with E-state index in [0.29, 0.717) is 31.5 Å². The highest BCUT2D eigenvalue weighted by Crippen LogP contribution is 2.31. The monoisotopic (exact) mass is 596 g/mol. The standard InChI is InChI=1S/C26H26Cl2N2O6S2/c1-3-5-25(31)29(37(33,34)23-15-7-19(27)8-16-23)21-11-13-22(14-12-21)30(26(32)6-4-2)38(35,36)24-17-9-20(28)10-18-24/h7-18H,3-6H2,1-2H3. The van der Waals surface area contributed by atoms with Crippen molar-refractivity contribution in [3.8, 4) is 0 Å². The molecule has 8 nitrogen and oxygen atoms in total. The maximum absolute atomic E-state index is 13.4. The van der Waals surface area contributed by atoms with Gasteiger partial charge in [-0.15, -0.1) is 0 Å². The number of rotatable bonds is 10. The lowest BCUT2D eigenvalue weighted by atomic mass is 10.2. The molecule has 0 bridgehead atoms. The van der Waals surface area contributed by atoms with Gasteiger partial charge in [0.25, 0.3) is 20.0 Å². The van der Waals surface area contributed by atoms with Crippen molar-refractivity contribution >= 4 is 66.4 Å². The van der Waals surface area contributed by atoms with Crippen molar-refractivity contribution in [3.05, 3.63) is 82.8 Å². The van der Waals surface area contributed by atoms with E-state index in [-0.39, 0.29) is 34.0 Å². The first-order chi connectivity index (χ1) is 17.9. The third-order valence-corrected chi connectivity index (χ3v) is 9.43. The number of benzene rings is 3. The Labute approximate surface area is 232 Å². The molecule has 0 aliphatic rings. The largest absolute Gasteiger partial charge is 0.273 e. The van der Waals surface area contributed by atoms with E-state index >= 15 is 0 Å². The van der Waals surface area contributed by atoms with Gasteiger partial charge in [0.05, 0.1) is 21.2 Å². The molecule has 0 aliphatic carbocycles. The third kappa shape index (κ3) is 6.37. The van der Waals surface area contributed by atoms with E-state index in [1.54, 1.807) is 13.8 Å². The molecule has 0 fully saturated rings. The summed E-state index contributed by atoms with van der Waals surface area (Å²) < 4.78 is 55.1. The van der Waals surface area contributed by atoms with Gasteiger partial charge in [0, 0.05) is 22.9 Å². The van der Waals surface area contributed by atoms with Gasteiger partial charge < -0.3 is 0 Å². The molecule has 0 saturated heterocycles. The number of sulfonamides is 2. The predicted molar refractivity (Wildman–Crippen MR) is 149 cm³/mol. The Morgan fingerprint density at radius 2 is 0.868 bits per heavy atom. The van der Waals surface area contributed by atoms with Crippen LogP contribution in [-0.4, -0.2) is 28.6 Å². The molecule has 38 heavy (non-hydrogen) atoms. The van der Waals surface area contributed by atoms with Crippen molar-refractivity contribution in [1.29, 1.82) is 0 Å². The van der Waals surface area contributed by atoms with E-state index in [1.807, 2.05) is 0 Å². The molecule has 0 heterocycles. The second-order valence-electron chi connectivity index (χ2n) is 8.25. The molecule has 3 aromatic rings. The fourth-order valence-corrected chi connectivity index (χ4v) is 6.76. The molecule has 0 N–H and O–H groups in total. The number of nitrogens with zero attached hydrogens (tertiary/aromatic N) is 2. The number of hydrogen-bond donors (Lipinski definition) is 0. The Bertz CT molecular complexity index is 1390. The first kappa shape index (κ1) is 29.6. The maximum Gasteiger partial charge on any atom is 0.270 e. The van der Waals surface area contributed by atoms with E-state index in [0.717, 1.165) is 0 Å². The van der Waals surface area contributed by atoms with E-state index in [1.165, 1.54) is 72.8 Å². The summed E-state index contributed by atoms with van der Waals surface area (Å²) in [6.07, 6.45) is 0.728. The summed E-state index contributed by atoms with van der Waals surface area (Å²) in [6, 6.07) is 15.9. The molecule has 2 amide bonds. The van der Waals surface area contributed by atoms with Crippen LogP contribution in [0.4, 0.5) is 11.4 Å². The summed E-state index contributed by atoms with van der Waals surface area (Å²) >= 11 is 11.8. The van der Waals surface area contributed by atoms with Gasteiger partial charge in [-0.3, -0.25) is 9.59 Å². The van der Waals surface area contributed by atoms with Crippen molar-refractivity contribution in [3.63, 3.8) is 0 Å². The van der Waals surface area contributed by atoms with E-state index < -0.39 is 31.9 Å². The summed E-state index contributed by atoms with van der Waals surface area (Å²) in [7, 11) is -8.62. The zero-order chi connectivity index (χ0) is 28.1. The smallest absolute Gasteiger partial charge is 0.270 e. The summed E-state index contributed by atoms with van der Waals surface area (Å²) in [5, 5.41) is 0.664. The normalized spacial score (nSPS) is 11.7. The molecule has 0 aromatic heterocycles. The van der Waals surface area contributed by atoms with E-state index in [4.69, 9.17) is 23.2 Å². The fourth-order valence-electron chi connectivity index (χ4n) is 3.61. The summed E-state index contributed by atoms with van der Waals surface area (Å²) in [6.45, 7) is 3.49. The minimum atomic E-state index is -4.31. The molecule has 0 unspecified atom stereocenters. The van der Waals surface area contributed by atoms with Gasteiger partial charge in [-0.25, -0.2) is 25.4 Å². The van der Waals surface area contributed by atoms with Crippen molar-refractivity contribution in [1.82, 2.24) is 0 Å². The topological polar surface area (TPSA) is 109 Å². The lowest BCUT2D eigenvalue weighted by Crippen LogP contribution is -2.38. The highest BCUT2D eigenvalue weighted by molar-refractivity contribution is 7.94. The number of anilines is 2. The van der Waals surface area contributed by atoms with Crippen LogP contribution in [0.5, 0.6) is 0 Å². The van der Waals surface area contributed by atoms with Gasteiger partial charge in [-0.1, -0.05) is 37.0 Å². The van der Waals surface area contributed by atoms with Crippen LogP contribution in [0.25, 0.3) is 0 Å². The molecule has 0 spiro atoms. The van der Waals surface area contributed by atoms with Crippen LogP contribution >= 0.6 is 23.2 Å². The lowest BCUT2D eigenvalue weighted by Gasteiger charge is -2.25. The maximum atomic E-state index is 13.4. The van der Waals surface area contributed by atoms with Crippen LogP contribution in [-0.2, 0) is 29.6 Å². The van der Waals surface area contributed by atoms with Gasteiger partial charge in [0.2, 0.25) is 11.8 Å². The van der Waals surface area contributed by atoms with Crippen LogP contribution < -0.4 is 8.61 Å². The molecule has 0 saturated carbocycles. The van der Waals surface area contributed by atoms with Gasteiger partial charge in [-0.05, 0) is 85.6 Å². The van der Waals surface area contributed by atoms with E-state index in [2.05, 4.69) is 0 Å². The summed E-state index contributed by atoms with van der Waals surface area (Å²) in [4.78, 5) is 25.7. The van der Waals surface area contributed by atoms with Gasteiger partial charge in [-0.2, -0.15) is 0 Å². The van der Waals surface area contributed by atoms with Gasteiger partial charge in [0.15, 0.2) is 0 Å². The molecule has 0 atom stereocenters. The molecule has 3 rings (SSSR count). The number of hydrogen-bond acceptors (Lipinski definition) is 6. The van der Waals surface area contributed by atoms with Crippen molar-refractivity contribution in [2.75, 3.05) is 8.61 Å². The second-order valence-corrected chi connectivity index (χ2v) is 12.7. The number of amides is 2. The quantitative estimate of drug-likeness (QED) is 0.282. The number of carbonyl (C=O) groups is 2. The highest BCUT2D eigenvalue weighted by Gasteiger charge is 2.33. The molecule has 0 aliphatic heterocycles. The molecule has 12 heteroatoms. The Morgan fingerprint density at radius 1 is 0.579 bits per heavy atom. The number of carbonyl (C=O) groups excluding carboxylic acids is 2. The Balaban J connectivity index is 2.10. The van der Waals surface area contributed by atoms with Crippen LogP contribution in [0.3, 0.4) is 0 Å². The van der Waals surface area contributed by atoms with Crippen LogP contribution in [0.2, 0.25) is 10.0 Å². The number of halogens is 2. The van der Waals surface area contributed by atoms with Gasteiger partial charge in [0.1, 0.15) is 0 Å². The summed E-state index contributed by atoms with van der Waals surface area (Å²) in [5.74, 6) is -1.33. The Kier molecular flexibility index (Phi) is 9.59. The van der Waals surface area contributed by atoms with E-state index in [9.17, 15) is 26.4 Å². The highest BCUT2D eigenvalue weighted by atomic mass is 35.5. The minimum absolute atomic E-state index is 0.00562. The van der Waals surface area contributed by atoms with Crippen LogP contribution in [0.1, 0.15) is 39.5 Å². The van der Waals surface area contributed by atoms with Crippen LogP contribution in [0, 0.1) is 0 Å². The third-order valence-electron chi connectivity index (χ3n) is 5.40. The van der Waals surface area contributed by atoms with Gasteiger partial charge >= 0.3 is 0 Å². The average Bonchev–Trinajstić information content (AvgIpc) is 2.86. The first-order valence-electron chi connectivity index (χ1n) is 11.7. The Morgan fingerprint density at radius 3 is 1.13 bits per heavy atom. The zero-order valence-corrected chi connectivity index (χ0v) is 23.8. The molecular weight excluding hydrogens is 571 g/mol. The van der Waals surface area contributed by atoms with Crippen molar-refractivity contribution in [2.45, 2.75) is 49.3 Å².